The van der Waals surface area contributed by atoms with E-state index in [4.69, 9.17) is 5.11 Å². The molecule has 15 heavy (non-hydrogen) atoms. The van der Waals surface area contributed by atoms with Crippen molar-refractivity contribution in [3.63, 3.8) is 0 Å². The van der Waals surface area contributed by atoms with E-state index in [1.165, 1.54) is 6.07 Å². The zero-order chi connectivity index (χ0) is 11.3. The number of aromatic nitrogens is 2. The third-order valence-electron chi connectivity index (χ3n) is 2.21. The molecule has 1 aromatic rings. The molecular formula is C10H15N3O2. The third kappa shape index (κ3) is 3.53. The van der Waals surface area contributed by atoms with E-state index in [-0.39, 0.29) is 5.69 Å². The van der Waals surface area contributed by atoms with Crippen LogP contribution in [-0.2, 0) is 0 Å². The fourth-order valence-corrected chi connectivity index (χ4v) is 0.964. The number of hydrogen-bond acceptors (Lipinski definition) is 4. The molecule has 5 heteroatoms. The summed E-state index contributed by atoms with van der Waals surface area (Å²) in [6, 6.07) is 3.06. The molecule has 1 aromatic heterocycles. The van der Waals surface area contributed by atoms with Crippen molar-refractivity contribution in [1.82, 2.24) is 10.2 Å². The van der Waals surface area contributed by atoms with Crippen LogP contribution in [0.2, 0.25) is 0 Å². The maximum absolute atomic E-state index is 10.5. The summed E-state index contributed by atoms with van der Waals surface area (Å²) in [6.07, 6.45) is 1.09. The maximum atomic E-state index is 10.5. The van der Waals surface area contributed by atoms with Crippen LogP contribution in [0, 0.1) is 5.92 Å². The van der Waals surface area contributed by atoms with Crippen molar-refractivity contribution < 1.29 is 9.90 Å². The predicted molar refractivity (Wildman–Crippen MR) is 56.9 cm³/mol. The molecule has 82 valence electrons. The van der Waals surface area contributed by atoms with Crippen molar-refractivity contribution in [3.05, 3.63) is 17.8 Å². The minimum absolute atomic E-state index is 0.0379. The van der Waals surface area contributed by atoms with Crippen LogP contribution in [0.3, 0.4) is 0 Å². The highest BCUT2D eigenvalue weighted by atomic mass is 16.4. The Morgan fingerprint density at radius 2 is 2.27 bits per heavy atom. The van der Waals surface area contributed by atoms with Gasteiger partial charge < -0.3 is 10.4 Å². The minimum atomic E-state index is -1.06. The van der Waals surface area contributed by atoms with Gasteiger partial charge in [0, 0.05) is 6.54 Å². The molecule has 0 fully saturated rings. The Morgan fingerprint density at radius 1 is 1.53 bits per heavy atom. The lowest BCUT2D eigenvalue weighted by Crippen LogP contribution is -2.12. The van der Waals surface area contributed by atoms with Crippen LogP contribution < -0.4 is 5.32 Å². The van der Waals surface area contributed by atoms with Gasteiger partial charge >= 0.3 is 5.97 Å². The average Bonchev–Trinajstić information content (AvgIpc) is 2.26. The quantitative estimate of drug-likeness (QED) is 0.770. The van der Waals surface area contributed by atoms with Gasteiger partial charge in [0.15, 0.2) is 5.69 Å². The van der Waals surface area contributed by atoms with E-state index in [0.717, 1.165) is 13.0 Å². The highest BCUT2D eigenvalue weighted by Crippen LogP contribution is 2.05. The molecule has 1 rings (SSSR count). The Hall–Kier alpha value is -1.65. The van der Waals surface area contributed by atoms with Crippen molar-refractivity contribution in [2.45, 2.75) is 20.3 Å². The molecular weight excluding hydrogens is 194 g/mol. The Balaban J connectivity index is 2.53. The molecule has 1 atom stereocenters. The minimum Gasteiger partial charge on any atom is -0.476 e. The number of carboxylic acids is 1. The van der Waals surface area contributed by atoms with E-state index in [9.17, 15) is 4.79 Å². The summed E-state index contributed by atoms with van der Waals surface area (Å²) in [5, 5.41) is 19.0. The van der Waals surface area contributed by atoms with Crippen molar-refractivity contribution in [2.24, 2.45) is 5.92 Å². The zero-order valence-corrected chi connectivity index (χ0v) is 8.90. The van der Waals surface area contributed by atoms with Gasteiger partial charge in [-0.15, -0.1) is 10.2 Å². The first-order chi connectivity index (χ1) is 7.13. The SMILES string of the molecule is CCC(C)CNc1ccc(C(=O)O)nn1. The number of carboxylic acid groups (broad SMARTS) is 1. The summed E-state index contributed by atoms with van der Waals surface area (Å²) in [4.78, 5) is 10.5. The summed E-state index contributed by atoms with van der Waals surface area (Å²) in [6.45, 7) is 5.06. The van der Waals surface area contributed by atoms with Crippen molar-refractivity contribution >= 4 is 11.8 Å². The highest BCUT2D eigenvalue weighted by molar-refractivity contribution is 5.85. The second kappa shape index (κ2) is 5.29. The number of nitrogens with zero attached hydrogens (tertiary/aromatic N) is 2. The summed E-state index contributed by atoms with van der Waals surface area (Å²) in [7, 11) is 0. The fraction of sp³-hybridized carbons (Fsp3) is 0.500. The average molecular weight is 209 g/mol. The molecule has 0 aliphatic carbocycles. The first-order valence-corrected chi connectivity index (χ1v) is 4.94. The van der Waals surface area contributed by atoms with E-state index >= 15 is 0 Å². The number of nitrogens with one attached hydrogen (secondary N) is 1. The summed E-state index contributed by atoms with van der Waals surface area (Å²) < 4.78 is 0. The van der Waals surface area contributed by atoms with Gasteiger partial charge in [-0.05, 0) is 18.1 Å². The lowest BCUT2D eigenvalue weighted by molar-refractivity contribution is 0.0689. The number of rotatable bonds is 5. The molecule has 1 heterocycles. The number of aromatic carboxylic acids is 1. The molecule has 0 saturated heterocycles. The molecule has 0 radical (unpaired) electrons. The van der Waals surface area contributed by atoms with Crippen LogP contribution in [0.15, 0.2) is 12.1 Å². The van der Waals surface area contributed by atoms with E-state index in [0.29, 0.717) is 11.7 Å². The Labute approximate surface area is 88.5 Å². The van der Waals surface area contributed by atoms with E-state index in [1.54, 1.807) is 6.07 Å². The largest absolute Gasteiger partial charge is 0.476 e. The Kier molecular flexibility index (Phi) is 4.03. The van der Waals surface area contributed by atoms with Crippen LogP contribution in [0.25, 0.3) is 0 Å². The van der Waals surface area contributed by atoms with Gasteiger partial charge in [0.25, 0.3) is 0 Å². The number of anilines is 1. The van der Waals surface area contributed by atoms with Gasteiger partial charge in [-0.25, -0.2) is 4.79 Å². The molecule has 0 aromatic carbocycles. The topological polar surface area (TPSA) is 75.1 Å². The molecule has 0 spiro atoms. The molecule has 0 saturated carbocycles. The molecule has 0 aliphatic heterocycles. The van der Waals surface area contributed by atoms with Gasteiger partial charge in [0.05, 0.1) is 0 Å². The normalized spacial score (nSPS) is 12.1. The zero-order valence-electron chi connectivity index (χ0n) is 8.90. The predicted octanol–water partition coefficient (Wildman–Crippen LogP) is 1.63. The van der Waals surface area contributed by atoms with Gasteiger partial charge in [-0.3, -0.25) is 0 Å². The van der Waals surface area contributed by atoms with Gasteiger partial charge in [0.2, 0.25) is 0 Å². The monoisotopic (exact) mass is 209 g/mol. The van der Waals surface area contributed by atoms with Crippen LogP contribution in [0.1, 0.15) is 30.8 Å². The van der Waals surface area contributed by atoms with Crippen molar-refractivity contribution in [3.8, 4) is 0 Å². The van der Waals surface area contributed by atoms with Gasteiger partial charge in [-0.2, -0.15) is 0 Å². The second-order valence-electron chi connectivity index (χ2n) is 3.50. The Bertz CT molecular complexity index is 324. The van der Waals surface area contributed by atoms with E-state index in [1.807, 2.05) is 0 Å². The molecule has 5 nitrogen and oxygen atoms in total. The van der Waals surface area contributed by atoms with Gasteiger partial charge in [-0.1, -0.05) is 20.3 Å². The maximum Gasteiger partial charge on any atom is 0.356 e. The first-order valence-electron chi connectivity index (χ1n) is 4.94. The van der Waals surface area contributed by atoms with Crippen molar-refractivity contribution in [2.75, 3.05) is 11.9 Å². The first kappa shape index (κ1) is 11.4. The van der Waals surface area contributed by atoms with Crippen LogP contribution >= 0.6 is 0 Å². The highest BCUT2D eigenvalue weighted by Gasteiger charge is 2.05. The molecule has 1 unspecified atom stereocenters. The van der Waals surface area contributed by atoms with Crippen LogP contribution in [-0.4, -0.2) is 27.8 Å². The lowest BCUT2D eigenvalue weighted by Gasteiger charge is -2.09. The van der Waals surface area contributed by atoms with E-state index in [2.05, 4.69) is 29.4 Å². The molecule has 0 amide bonds. The van der Waals surface area contributed by atoms with E-state index < -0.39 is 5.97 Å². The Morgan fingerprint density at radius 3 is 2.73 bits per heavy atom. The third-order valence-corrected chi connectivity index (χ3v) is 2.21. The standard InChI is InChI=1S/C10H15N3O2/c1-3-7(2)6-11-9-5-4-8(10(14)15)12-13-9/h4-5,7H,3,6H2,1-2H3,(H,11,13)(H,14,15). The van der Waals surface area contributed by atoms with Gasteiger partial charge in [0.1, 0.15) is 5.82 Å². The summed E-state index contributed by atoms with van der Waals surface area (Å²) in [5.74, 6) is 0.113. The van der Waals surface area contributed by atoms with Crippen molar-refractivity contribution in [1.29, 1.82) is 0 Å². The summed E-state index contributed by atoms with van der Waals surface area (Å²) in [5.41, 5.74) is -0.0379. The molecule has 0 aliphatic rings. The lowest BCUT2D eigenvalue weighted by atomic mass is 10.1. The molecule has 2 N–H and O–H groups in total. The smallest absolute Gasteiger partial charge is 0.356 e. The molecule has 0 bridgehead atoms. The summed E-state index contributed by atoms with van der Waals surface area (Å²) >= 11 is 0. The second-order valence-corrected chi connectivity index (χ2v) is 3.50. The fourth-order valence-electron chi connectivity index (χ4n) is 0.964. The van der Waals surface area contributed by atoms with Crippen LogP contribution in [0.4, 0.5) is 5.82 Å². The van der Waals surface area contributed by atoms with Crippen LogP contribution in [0.5, 0.6) is 0 Å². The number of carbonyl (C=O) groups is 1. The number of hydrogen-bond donors (Lipinski definition) is 2.